The molecule has 3 aromatic carbocycles. The van der Waals surface area contributed by atoms with Gasteiger partial charge in [-0.05, 0) is 42.3 Å². The number of nitrogens with zero attached hydrogens (tertiary/aromatic N) is 1. The molecule has 4 rings (SSSR count). The van der Waals surface area contributed by atoms with Crippen molar-refractivity contribution in [3.63, 3.8) is 0 Å². The average Bonchev–Trinajstić information content (AvgIpc) is 2.76. The summed E-state index contributed by atoms with van der Waals surface area (Å²) in [6.07, 6.45) is 4.13. The zero-order valence-corrected chi connectivity index (χ0v) is 17.0. The lowest BCUT2D eigenvalue weighted by atomic mass is 10.0. The van der Waals surface area contributed by atoms with E-state index in [-0.39, 0.29) is 0 Å². The number of pyridine rings is 1. The summed E-state index contributed by atoms with van der Waals surface area (Å²) >= 11 is 0. The molecular weight excluding hydrogens is 394 g/mol. The summed E-state index contributed by atoms with van der Waals surface area (Å²) in [5.41, 5.74) is 4.25. The summed E-state index contributed by atoms with van der Waals surface area (Å²) in [6, 6.07) is 22.8. The van der Waals surface area contributed by atoms with Crippen molar-refractivity contribution in [1.29, 1.82) is 0 Å². The first-order chi connectivity index (χ1) is 15.0. The number of rotatable bonds is 5. The highest BCUT2D eigenvalue weighted by molar-refractivity contribution is 6.04. The van der Waals surface area contributed by atoms with Crippen molar-refractivity contribution in [2.24, 2.45) is 0 Å². The van der Waals surface area contributed by atoms with E-state index in [1.807, 2.05) is 43.5 Å². The van der Waals surface area contributed by atoms with Gasteiger partial charge in [0.25, 0.3) is 5.91 Å². The van der Waals surface area contributed by atoms with E-state index in [0.29, 0.717) is 5.69 Å². The number of anilines is 1. The van der Waals surface area contributed by atoms with E-state index >= 15 is 0 Å². The zero-order valence-electron chi connectivity index (χ0n) is 17.0. The number of aromatic nitrogens is 1. The van der Waals surface area contributed by atoms with Crippen molar-refractivity contribution in [3.8, 4) is 11.1 Å². The second-order valence-electron chi connectivity index (χ2n) is 7.33. The van der Waals surface area contributed by atoms with Gasteiger partial charge in [0.05, 0.1) is 0 Å². The minimum Gasteiger partial charge on any atom is -0.322 e. The van der Waals surface area contributed by atoms with Gasteiger partial charge in [0.15, 0.2) is 18.9 Å². The molecule has 4 aromatic rings. The monoisotopic (exact) mass is 415 g/mol. The van der Waals surface area contributed by atoms with Crippen molar-refractivity contribution < 1.29 is 18.1 Å². The molecule has 0 aliphatic carbocycles. The molecule has 0 atom stereocenters. The van der Waals surface area contributed by atoms with Gasteiger partial charge in [-0.15, -0.1) is 0 Å². The molecule has 3 nitrogen and oxygen atoms in total. The number of nitrogens with one attached hydrogen (secondary N) is 1. The molecule has 0 saturated heterocycles. The van der Waals surface area contributed by atoms with Crippen LogP contribution in [0.1, 0.15) is 21.5 Å². The van der Waals surface area contributed by atoms with E-state index in [1.165, 1.54) is 11.6 Å². The maximum absolute atomic E-state index is 13.8. The molecule has 5 heteroatoms. The second-order valence-corrected chi connectivity index (χ2v) is 7.33. The fraction of sp³-hybridized carbons (Fsp3) is 0.0769. The maximum Gasteiger partial charge on any atom is 0.261 e. The molecule has 1 aromatic heterocycles. The Kier molecular flexibility index (Phi) is 5.85. The van der Waals surface area contributed by atoms with Gasteiger partial charge in [0.2, 0.25) is 0 Å². The Labute approximate surface area is 179 Å². The van der Waals surface area contributed by atoms with E-state index in [0.717, 1.165) is 35.4 Å². The van der Waals surface area contributed by atoms with Crippen LogP contribution in [0.3, 0.4) is 0 Å². The van der Waals surface area contributed by atoms with Crippen LogP contribution < -0.4 is 9.88 Å². The molecule has 1 heterocycles. The van der Waals surface area contributed by atoms with Crippen molar-refractivity contribution >= 4 is 11.6 Å². The molecule has 0 spiro atoms. The molecule has 0 fully saturated rings. The highest BCUT2D eigenvalue weighted by Crippen LogP contribution is 2.24. The summed E-state index contributed by atoms with van der Waals surface area (Å²) in [7, 11) is 0. The van der Waals surface area contributed by atoms with Gasteiger partial charge in [-0.1, -0.05) is 48.5 Å². The van der Waals surface area contributed by atoms with Crippen LogP contribution in [0.5, 0.6) is 0 Å². The third-order valence-electron chi connectivity index (χ3n) is 5.09. The Bertz CT molecular complexity index is 1200. The predicted molar refractivity (Wildman–Crippen MR) is 117 cm³/mol. The maximum atomic E-state index is 13.8. The summed E-state index contributed by atoms with van der Waals surface area (Å²) < 4.78 is 29.8. The smallest absolute Gasteiger partial charge is 0.261 e. The molecule has 0 aliphatic heterocycles. The number of carbonyl (C=O) groups excluding carboxylic acids is 1. The largest absolute Gasteiger partial charge is 0.322 e. The van der Waals surface area contributed by atoms with Crippen molar-refractivity contribution in [1.82, 2.24) is 0 Å². The van der Waals surface area contributed by atoms with E-state index < -0.39 is 23.1 Å². The molecule has 0 saturated carbocycles. The normalized spacial score (nSPS) is 10.7. The molecule has 154 valence electrons. The van der Waals surface area contributed by atoms with Gasteiger partial charge < -0.3 is 5.32 Å². The Balaban J connectivity index is 1.54. The van der Waals surface area contributed by atoms with Crippen LogP contribution >= 0.6 is 0 Å². The Hall–Kier alpha value is -3.86. The van der Waals surface area contributed by atoms with Crippen molar-refractivity contribution in [2.75, 3.05) is 5.32 Å². The fourth-order valence-electron chi connectivity index (χ4n) is 3.44. The molecule has 1 amide bonds. The van der Waals surface area contributed by atoms with Gasteiger partial charge in [0, 0.05) is 22.9 Å². The quantitative estimate of drug-likeness (QED) is 0.427. The minimum atomic E-state index is -0.892. The number of benzene rings is 3. The molecule has 1 N–H and O–H groups in total. The third kappa shape index (κ3) is 4.67. The lowest BCUT2D eigenvalue weighted by Gasteiger charge is -2.09. The molecular formula is C26H21F2N2O+. The second kappa shape index (κ2) is 8.88. The number of aryl methyl sites for hydroxylation is 1. The number of amides is 1. The van der Waals surface area contributed by atoms with Gasteiger partial charge in [-0.2, -0.15) is 0 Å². The van der Waals surface area contributed by atoms with Crippen LogP contribution in [0.4, 0.5) is 14.5 Å². The number of hydrogen-bond acceptors (Lipinski definition) is 1. The first kappa shape index (κ1) is 20.4. The van der Waals surface area contributed by atoms with Crippen molar-refractivity contribution in [3.05, 3.63) is 120 Å². The Morgan fingerprint density at radius 2 is 1.55 bits per heavy atom. The van der Waals surface area contributed by atoms with Crippen molar-refractivity contribution in [2.45, 2.75) is 13.5 Å². The first-order valence-electron chi connectivity index (χ1n) is 9.91. The molecule has 0 bridgehead atoms. The summed E-state index contributed by atoms with van der Waals surface area (Å²) in [5.74, 6) is -2.60. The van der Waals surface area contributed by atoms with E-state index in [4.69, 9.17) is 0 Å². The first-order valence-corrected chi connectivity index (χ1v) is 9.91. The zero-order chi connectivity index (χ0) is 21.8. The van der Waals surface area contributed by atoms with Crippen LogP contribution in [0, 0.1) is 18.6 Å². The van der Waals surface area contributed by atoms with Gasteiger partial charge in [-0.25, -0.2) is 13.3 Å². The van der Waals surface area contributed by atoms with E-state index in [2.05, 4.69) is 34.3 Å². The highest BCUT2D eigenvalue weighted by atomic mass is 19.1. The van der Waals surface area contributed by atoms with Crippen LogP contribution in [0.25, 0.3) is 11.1 Å². The molecule has 0 aliphatic rings. The predicted octanol–water partition coefficient (Wildman–Crippen LogP) is 5.53. The lowest BCUT2D eigenvalue weighted by molar-refractivity contribution is -0.687. The van der Waals surface area contributed by atoms with Crippen LogP contribution in [-0.4, -0.2) is 5.91 Å². The minimum absolute atomic E-state index is 0.460. The van der Waals surface area contributed by atoms with Crippen LogP contribution in [0.2, 0.25) is 0 Å². The SMILES string of the molecule is Cc1cc[n+](Cc2ccccc2)cc1-c1ccc(NC(=O)c2c(F)cccc2F)cc1. The number of hydrogen-bond donors (Lipinski definition) is 1. The highest BCUT2D eigenvalue weighted by Gasteiger charge is 2.17. The summed E-state index contributed by atoms with van der Waals surface area (Å²) in [5, 5.41) is 2.55. The summed E-state index contributed by atoms with van der Waals surface area (Å²) in [6.45, 7) is 2.80. The van der Waals surface area contributed by atoms with Crippen LogP contribution in [-0.2, 0) is 6.54 Å². The molecule has 0 radical (unpaired) electrons. The van der Waals surface area contributed by atoms with Gasteiger partial charge in [0.1, 0.15) is 17.2 Å². The Morgan fingerprint density at radius 1 is 0.871 bits per heavy atom. The van der Waals surface area contributed by atoms with Gasteiger partial charge in [-0.3, -0.25) is 4.79 Å². The van der Waals surface area contributed by atoms with Crippen LogP contribution in [0.15, 0.2) is 91.3 Å². The number of carbonyl (C=O) groups is 1. The Morgan fingerprint density at radius 3 is 2.23 bits per heavy atom. The fourth-order valence-corrected chi connectivity index (χ4v) is 3.44. The van der Waals surface area contributed by atoms with Gasteiger partial charge >= 0.3 is 0 Å². The van der Waals surface area contributed by atoms with E-state index in [1.54, 1.807) is 12.1 Å². The molecule has 31 heavy (non-hydrogen) atoms. The average molecular weight is 415 g/mol. The topological polar surface area (TPSA) is 33.0 Å². The number of halogens is 2. The third-order valence-corrected chi connectivity index (χ3v) is 5.09. The lowest BCUT2D eigenvalue weighted by Crippen LogP contribution is -2.33. The standard InChI is InChI=1S/C26H20F2N2O/c1-18-14-15-30(16-19-6-3-2-4-7-19)17-22(18)20-10-12-21(13-11-20)29-26(31)25-23(27)8-5-9-24(25)28/h2-15,17H,16H2,1H3/p+1. The summed E-state index contributed by atoms with van der Waals surface area (Å²) in [4.78, 5) is 12.3. The molecule has 0 unspecified atom stereocenters. The van der Waals surface area contributed by atoms with E-state index in [9.17, 15) is 13.6 Å².